The second kappa shape index (κ2) is 7.35. The Kier molecular flexibility index (Phi) is 5.15. The van der Waals surface area contributed by atoms with Crippen LogP contribution in [-0.2, 0) is 4.79 Å². The topological polar surface area (TPSA) is 74.0 Å². The maximum atomic E-state index is 12.9. The first-order valence-electron chi connectivity index (χ1n) is 8.12. The van der Waals surface area contributed by atoms with Crippen molar-refractivity contribution in [1.29, 1.82) is 0 Å². The second-order valence-corrected chi connectivity index (χ2v) is 6.76. The van der Waals surface area contributed by atoms with Crippen LogP contribution in [0.25, 0.3) is 0 Å². The van der Waals surface area contributed by atoms with Crippen LogP contribution in [0.3, 0.4) is 0 Å². The molecule has 0 bridgehead atoms. The number of nitrogens with zero attached hydrogens (tertiary/aromatic N) is 2. The van der Waals surface area contributed by atoms with E-state index in [1.807, 2.05) is 19.0 Å². The molecule has 7 heteroatoms. The molecule has 0 aliphatic carbocycles. The molecule has 0 saturated carbocycles. The first kappa shape index (κ1) is 18.2. The average Bonchev–Trinajstić information content (AvgIpc) is 3.22. The quantitative estimate of drug-likeness (QED) is 0.786. The Morgan fingerprint density at radius 2 is 1.96 bits per heavy atom. The van der Waals surface area contributed by atoms with Gasteiger partial charge in [0.2, 0.25) is 5.78 Å². The summed E-state index contributed by atoms with van der Waals surface area (Å²) in [6, 6.07) is 9.27. The minimum Gasteiger partial charge on any atom is -0.503 e. The normalized spacial score (nSPS) is 17.5. The number of likely N-dealkylation sites (N-methyl/N-ethyl adjacent to an activating group) is 1. The van der Waals surface area contributed by atoms with Gasteiger partial charge in [0.05, 0.1) is 17.9 Å². The van der Waals surface area contributed by atoms with E-state index < -0.39 is 23.5 Å². The summed E-state index contributed by atoms with van der Waals surface area (Å²) < 4.78 is 5.17. The van der Waals surface area contributed by atoms with Gasteiger partial charge in [0.15, 0.2) is 11.5 Å². The molecule has 1 amide bonds. The number of aliphatic hydroxyl groups excluding tert-OH is 1. The molecule has 2 heterocycles. The van der Waals surface area contributed by atoms with E-state index in [1.165, 1.54) is 17.2 Å². The Bertz CT molecular complexity index is 841. The van der Waals surface area contributed by atoms with Crippen LogP contribution in [0.15, 0.2) is 58.4 Å². The lowest BCUT2D eigenvalue weighted by atomic mass is 9.95. The van der Waals surface area contributed by atoms with Crippen LogP contribution < -0.4 is 0 Å². The lowest BCUT2D eigenvalue weighted by molar-refractivity contribution is -0.129. The fourth-order valence-electron chi connectivity index (χ4n) is 2.96. The highest BCUT2D eigenvalue weighted by Gasteiger charge is 2.44. The third-order valence-corrected chi connectivity index (χ3v) is 4.52. The standard InChI is InChI=1S/C19H19ClN2O4/c1-21(2)9-10-22-16(12-5-7-13(20)8-6-12)15(18(24)19(22)25)17(23)14-4-3-11-26-14/h3-8,11,16,24H,9-10H2,1-2H3. The number of amides is 1. The second-order valence-electron chi connectivity index (χ2n) is 6.32. The molecule has 1 unspecified atom stereocenters. The number of ketones is 1. The Morgan fingerprint density at radius 3 is 2.54 bits per heavy atom. The van der Waals surface area contributed by atoms with Gasteiger partial charge in [-0.25, -0.2) is 0 Å². The van der Waals surface area contributed by atoms with Gasteiger partial charge in [-0.1, -0.05) is 23.7 Å². The zero-order valence-corrected chi connectivity index (χ0v) is 15.2. The molecule has 6 nitrogen and oxygen atoms in total. The van der Waals surface area contributed by atoms with Crippen molar-refractivity contribution < 1.29 is 19.1 Å². The summed E-state index contributed by atoms with van der Waals surface area (Å²) >= 11 is 5.96. The smallest absolute Gasteiger partial charge is 0.290 e. The highest BCUT2D eigenvalue weighted by Crippen LogP contribution is 2.39. The Labute approximate surface area is 156 Å². The third-order valence-electron chi connectivity index (χ3n) is 4.27. The van der Waals surface area contributed by atoms with Crippen molar-refractivity contribution >= 4 is 23.3 Å². The number of aliphatic hydroxyl groups is 1. The van der Waals surface area contributed by atoms with Crippen LogP contribution in [0.1, 0.15) is 22.2 Å². The lowest BCUT2D eigenvalue weighted by Crippen LogP contribution is -2.36. The molecule has 1 aromatic heterocycles. The molecule has 0 saturated heterocycles. The molecule has 1 aromatic carbocycles. The summed E-state index contributed by atoms with van der Waals surface area (Å²) in [6.45, 7) is 0.948. The number of benzene rings is 1. The third kappa shape index (κ3) is 3.38. The van der Waals surface area contributed by atoms with Crippen molar-refractivity contribution in [1.82, 2.24) is 9.80 Å². The lowest BCUT2D eigenvalue weighted by Gasteiger charge is -2.27. The molecule has 2 aromatic rings. The largest absolute Gasteiger partial charge is 0.503 e. The maximum Gasteiger partial charge on any atom is 0.290 e. The van der Waals surface area contributed by atoms with Crippen LogP contribution in [0.4, 0.5) is 0 Å². The van der Waals surface area contributed by atoms with Gasteiger partial charge in [0.25, 0.3) is 5.91 Å². The Hall–Kier alpha value is -2.57. The van der Waals surface area contributed by atoms with E-state index in [0.29, 0.717) is 23.7 Å². The van der Waals surface area contributed by atoms with E-state index in [0.717, 1.165) is 0 Å². The average molecular weight is 375 g/mol. The minimum absolute atomic E-state index is 0.0195. The van der Waals surface area contributed by atoms with Gasteiger partial charge < -0.3 is 19.3 Å². The van der Waals surface area contributed by atoms with E-state index in [1.54, 1.807) is 30.3 Å². The van der Waals surface area contributed by atoms with Gasteiger partial charge in [0.1, 0.15) is 0 Å². The molecular formula is C19H19ClN2O4. The first-order chi connectivity index (χ1) is 12.4. The maximum absolute atomic E-state index is 12.9. The zero-order chi connectivity index (χ0) is 18.8. The molecule has 0 spiro atoms. The summed E-state index contributed by atoms with van der Waals surface area (Å²) in [7, 11) is 3.78. The van der Waals surface area contributed by atoms with Crippen molar-refractivity contribution in [2.45, 2.75) is 6.04 Å². The van der Waals surface area contributed by atoms with Gasteiger partial charge in [-0.05, 0) is 43.9 Å². The summed E-state index contributed by atoms with van der Waals surface area (Å²) in [5.41, 5.74) is 0.714. The fourth-order valence-corrected chi connectivity index (χ4v) is 3.08. The van der Waals surface area contributed by atoms with E-state index in [-0.39, 0.29) is 11.3 Å². The molecule has 0 fully saturated rings. The van der Waals surface area contributed by atoms with E-state index in [2.05, 4.69) is 0 Å². The first-order valence-corrected chi connectivity index (χ1v) is 8.50. The van der Waals surface area contributed by atoms with Gasteiger partial charge in [-0.15, -0.1) is 0 Å². The van der Waals surface area contributed by atoms with Crippen LogP contribution in [0.5, 0.6) is 0 Å². The number of hydrogen-bond donors (Lipinski definition) is 1. The van der Waals surface area contributed by atoms with Gasteiger partial charge in [0, 0.05) is 18.1 Å². The Balaban J connectivity index is 2.05. The highest BCUT2D eigenvalue weighted by molar-refractivity contribution is 6.30. The molecule has 1 N–H and O–H groups in total. The van der Waals surface area contributed by atoms with Crippen molar-refractivity contribution in [3.63, 3.8) is 0 Å². The summed E-state index contributed by atoms with van der Waals surface area (Å²) in [6.07, 6.45) is 1.38. The Morgan fingerprint density at radius 1 is 1.27 bits per heavy atom. The summed E-state index contributed by atoms with van der Waals surface area (Å²) in [5, 5.41) is 11.0. The fraction of sp³-hybridized carbons (Fsp3) is 0.263. The van der Waals surface area contributed by atoms with Crippen LogP contribution in [-0.4, -0.2) is 53.8 Å². The number of carbonyl (C=O) groups is 2. The monoisotopic (exact) mass is 374 g/mol. The van der Waals surface area contributed by atoms with Gasteiger partial charge in [-0.3, -0.25) is 9.59 Å². The number of rotatable bonds is 6. The SMILES string of the molecule is CN(C)CCN1C(=O)C(O)=C(C(=O)c2ccco2)C1c1ccc(Cl)cc1. The van der Waals surface area contributed by atoms with Gasteiger partial charge in [-0.2, -0.15) is 0 Å². The molecular weight excluding hydrogens is 356 g/mol. The van der Waals surface area contributed by atoms with Crippen LogP contribution in [0.2, 0.25) is 5.02 Å². The number of hydrogen-bond acceptors (Lipinski definition) is 5. The predicted molar refractivity (Wildman–Crippen MR) is 97.2 cm³/mol. The zero-order valence-electron chi connectivity index (χ0n) is 14.5. The van der Waals surface area contributed by atoms with Crippen molar-refractivity contribution in [3.8, 4) is 0 Å². The summed E-state index contributed by atoms with van der Waals surface area (Å²) in [4.78, 5) is 28.9. The van der Waals surface area contributed by atoms with Crippen molar-refractivity contribution in [2.24, 2.45) is 0 Å². The molecule has 26 heavy (non-hydrogen) atoms. The molecule has 1 atom stereocenters. The number of furan rings is 1. The molecule has 136 valence electrons. The molecule has 1 aliphatic heterocycles. The minimum atomic E-state index is -0.697. The van der Waals surface area contributed by atoms with Crippen molar-refractivity contribution in [2.75, 3.05) is 27.2 Å². The van der Waals surface area contributed by atoms with Crippen molar-refractivity contribution in [3.05, 3.63) is 70.3 Å². The molecule has 0 radical (unpaired) electrons. The van der Waals surface area contributed by atoms with Crippen LogP contribution >= 0.6 is 11.6 Å². The summed E-state index contributed by atoms with van der Waals surface area (Å²) in [5.74, 6) is -1.53. The van der Waals surface area contributed by atoms with Crippen LogP contribution in [0, 0.1) is 0 Å². The number of carbonyl (C=O) groups excluding carboxylic acids is 2. The predicted octanol–water partition coefficient (Wildman–Crippen LogP) is 3.07. The highest BCUT2D eigenvalue weighted by atomic mass is 35.5. The number of Topliss-reactive ketones (excluding diaryl/α,β-unsaturated/α-hetero) is 1. The molecule has 3 rings (SSSR count). The van der Waals surface area contributed by atoms with Gasteiger partial charge >= 0.3 is 0 Å². The molecule has 1 aliphatic rings. The van der Waals surface area contributed by atoms with E-state index in [4.69, 9.17) is 16.0 Å². The number of halogens is 1. The van der Waals surface area contributed by atoms with E-state index >= 15 is 0 Å². The van der Waals surface area contributed by atoms with E-state index in [9.17, 15) is 14.7 Å².